The van der Waals surface area contributed by atoms with Crippen molar-refractivity contribution in [3.8, 4) is 11.5 Å². The van der Waals surface area contributed by atoms with Crippen molar-refractivity contribution in [1.82, 2.24) is 15.0 Å². The van der Waals surface area contributed by atoms with Crippen molar-refractivity contribution in [2.24, 2.45) is 0 Å². The molecule has 9 nitrogen and oxygen atoms in total. The summed E-state index contributed by atoms with van der Waals surface area (Å²) in [5.74, 6) is 1.65. The van der Waals surface area contributed by atoms with Gasteiger partial charge in [0, 0.05) is 4.90 Å². The van der Waals surface area contributed by atoms with E-state index in [1.165, 1.54) is 11.8 Å². The van der Waals surface area contributed by atoms with E-state index in [1.807, 2.05) is 36.4 Å². The Morgan fingerprint density at radius 1 is 1.12 bits per heavy atom. The van der Waals surface area contributed by atoms with E-state index in [1.54, 1.807) is 40.2 Å². The van der Waals surface area contributed by atoms with Gasteiger partial charge < -0.3 is 18.7 Å². The first kappa shape index (κ1) is 23.6. The lowest BCUT2D eigenvalue weighted by Gasteiger charge is -2.33. The monoisotopic (exact) mass is 483 g/mol. The van der Waals surface area contributed by atoms with Gasteiger partial charge in [-0.15, -0.1) is 11.8 Å². The van der Waals surface area contributed by atoms with Crippen LogP contribution in [0.4, 0.5) is 4.79 Å². The lowest BCUT2D eigenvalue weighted by atomic mass is 9.92. The number of carbonyl (C=O) groups is 2. The second-order valence-electron chi connectivity index (χ2n) is 7.63. The van der Waals surface area contributed by atoms with Gasteiger partial charge in [0.1, 0.15) is 16.2 Å². The van der Waals surface area contributed by atoms with Gasteiger partial charge >= 0.3 is 6.09 Å². The molecule has 2 amide bonds. The maximum absolute atomic E-state index is 13.4. The molecule has 0 unspecified atom stereocenters. The van der Waals surface area contributed by atoms with Crippen LogP contribution < -0.4 is 9.47 Å². The third kappa shape index (κ3) is 4.33. The number of aromatic nitrogens is 2. The number of hydrogen-bond acceptors (Lipinski definition) is 9. The first-order chi connectivity index (χ1) is 16.4. The van der Waals surface area contributed by atoms with E-state index >= 15 is 0 Å². The fourth-order valence-electron chi connectivity index (χ4n) is 4.01. The van der Waals surface area contributed by atoms with Crippen molar-refractivity contribution in [2.45, 2.75) is 36.0 Å². The number of nitrogens with zero attached hydrogens (tertiary/aromatic N) is 3. The number of amides is 2. The third-order valence-electron chi connectivity index (χ3n) is 5.53. The van der Waals surface area contributed by atoms with E-state index in [2.05, 4.69) is 10.1 Å². The number of ether oxygens (including phenoxy) is 3. The van der Waals surface area contributed by atoms with Crippen molar-refractivity contribution < 1.29 is 28.3 Å². The molecule has 0 N–H and O–H groups in total. The number of likely N-dealkylation sites (tertiary alicyclic amines) is 1. The molecule has 0 aliphatic carbocycles. The molecule has 2 heterocycles. The second kappa shape index (κ2) is 9.76. The Kier molecular flexibility index (Phi) is 6.78. The molecule has 0 bridgehead atoms. The summed E-state index contributed by atoms with van der Waals surface area (Å²) in [6.45, 7) is 3.54. The van der Waals surface area contributed by atoms with E-state index in [9.17, 15) is 9.59 Å². The molecule has 1 fully saturated rings. The highest BCUT2D eigenvalue weighted by Crippen LogP contribution is 2.58. The fourth-order valence-corrected chi connectivity index (χ4v) is 5.43. The minimum Gasteiger partial charge on any atom is -0.497 e. The van der Waals surface area contributed by atoms with Gasteiger partial charge in [-0.2, -0.15) is 4.98 Å². The molecule has 0 radical (unpaired) electrons. The first-order valence-electron chi connectivity index (χ1n) is 10.7. The van der Waals surface area contributed by atoms with Gasteiger partial charge in [-0.1, -0.05) is 17.3 Å². The number of methoxy groups -OCH3 is 2. The molecule has 1 aromatic heterocycles. The minimum atomic E-state index is -1.09. The van der Waals surface area contributed by atoms with Gasteiger partial charge in [-0.3, -0.25) is 4.79 Å². The molecule has 1 aliphatic heterocycles. The van der Waals surface area contributed by atoms with Gasteiger partial charge in [-0.25, -0.2) is 9.69 Å². The van der Waals surface area contributed by atoms with Crippen molar-refractivity contribution in [1.29, 1.82) is 0 Å². The summed E-state index contributed by atoms with van der Waals surface area (Å²) < 4.78 is 20.4. The topological polar surface area (TPSA) is 104 Å². The second-order valence-corrected chi connectivity index (χ2v) is 9.03. The Hall–Kier alpha value is -3.53. The molecule has 1 saturated heterocycles. The predicted octanol–water partition coefficient (Wildman–Crippen LogP) is 4.51. The highest BCUT2D eigenvalue weighted by atomic mass is 32.2. The van der Waals surface area contributed by atoms with Crippen LogP contribution in [0.1, 0.15) is 36.7 Å². The Balaban J connectivity index is 1.89. The van der Waals surface area contributed by atoms with Gasteiger partial charge in [0.25, 0.3) is 0 Å². The van der Waals surface area contributed by atoms with Crippen LogP contribution in [0.25, 0.3) is 0 Å². The largest absolute Gasteiger partial charge is 0.497 e. The maximum Gasteiger partial charge on any atom is 0.417 e. The zero-order valence-corrected chi connectivity index (χ0v) is 20.1. The zero-order valence-electron chi connectivity index (χ0n) is 19.3. The van der Waals surface area contributed by atoms with E-state index < -0.39 is 22.8 Å². The van der Waals surface area contributed by atoms with E-state index in [-0.39, 0.29) is 18.9 Å². The molecular formula is C24H25N3O6S. The van der Waals surface area contributed by atoms with E-state index in [0.717, 1.165) is 9.80 Å². The SMILES string of the molecule is CCOC(=O)N1C(=O)C[C@](Sc2ccc(OC)cc2)(c2nc(C)no2)[C@H]1c1ccc(OC)cc1. The average Bonchev–Trinajstić information content (AvgIpc) is 3.41. The van der Waals surface area contributed by atoms with Crippen molar-refractivity contribution >= 4 is 23.8 Å². The van der Waals surface area contributed by atoms with Crippen molar-refractivity contribution in [3.05, 3.63) is 65.8 Å². The number of thioether (sulfide) groups is 1. The summed E-state index contributed by atoms with van der Waals surface area (Å²) in [6.07, 6.45) is -0.761. The highest BCUT2D eigenvalue weighted by Gasteiger charge is 2.60. The molecule has 34 heavy (non-hydrogen) atoms. The van der Waals surface area contributed by atoms with Crippen LogP contribution >= 0.6 is 11.8 Å². The lowest BCUT2D eigenvalue weighted by Crippen LogP contribution is -2.39. The Labute approximate surface area is 201 Å². The maximum atomic E-state index is 13.4. The lowest BCUT2D eigenvalue weighted by molar-refractivity contribution is -0.127. The summed E-state index contributed by atoms with van der Waals surface area (Å²) in [6, 6.07) is 13.9. The van der Waals surface area contributed by atoms with Crippen LogP contribution in [0.3, 0.4) is 0 Å². The number of aryl methyl sites for hydroxylation is 1. The highest BCUT2D eigenvalue weighted by molar-refractivity contribution is 8.00. The Morgan fingerprint density at radius 2 is 1.74 bits per heavy atom. The molecule has 178 valence electrons. The summed E-state index contributed by atoms with van der Waals surface area (Å²) in [7, 11) is 3.17. The van der Waals surface area contributed by atoms with Crippen molar-refractivity contribution in [3.63, 3.8) is 0 Å². The minimum absolute atomic E-state index is 0.0408. The molecule has 4 rings (SSSR count). The van der Waals surface area contributed by atoms with Gasteiger partial charge in [-0.05, 0) is 55.8 Å². The van der Waals surface area contributed by atoms with Gasteiger partial charge in [0.05, 0.1) is 33.3 Å². The van der Waals surface area contributed by atoms with E-state index in [4.69, 9.17) is 18.7 Å². The smallest absolute Gasteiger partial charge is 0.417 e. The molecule has 2 atom stereocenters. The summed E-state index contributed by atoms with van der Waals surface area (Å²) in [4.78, 5) is 32.8. The van der Waals surface area contributed by atoms with Crippen LogP contribution in [-0.2, 0) is 14.3 Å². The number of rotatable bonds is 7. The summed E-state index contributed by atoms with van der Waals surface area (Å²) in [5.41, 5.74) is 0.705. The van der Waals surface area contributed by atoms with Gasteiger partial charge in [0.15, 0.2) is 5.82 Å². The Morgan fingerprint density at radius 3 is 2.26 bits per heavy atom. The average molecular weight is 484 g/mol. The van der Waals surface area contributed by atoms with Gasteiger partial charge in [0.2, 0.25) is 11.8 Å². The number of carbonyl (C=O) groups excluding carboxylic acids is 2. The number of imide groups is 1. The molecule has 2 aromatic carbocycles. The van der Waals surface area contributed by atoms with Crippen LogP contribution in [0, 0.1) is 6.92 Å². The summed E-state index contributed by atoms with van der Waals surface area (Å²) in [5, 5.41) is 3.98. The molecular weight excluding hydrogens is 458 g/mol. The quantitative estimate of drug-likeness (QED) is 0.480. The normalized spacial score (nSPS) is 19.8. The predicted molar refractivity (Wildman–Crippen MR) is 124 cm³/mol. The molecule has 0 spiro atoms. The molecule has 10 heteroatoms. The Bertz CT molecular complexity index is 1160. The number of benzene rings is 2. The van der Waals surface area contributed by atoms with Crippen LogP contribution in [0.2, 0.25) is 0 Å². The zero-order chi connectivity index (χ0) is 24.3. The molecule has 0 saturated carbocycles. The molecule has 3 aromatic rings. The molecule has 1 aliphatic rings. The first-order valence-corrected chi connectivity index (χ1v) is 11.5. The van der Waals surface area contributed by atoms with Crippen LogP contribution in [0.15, 0.2) is 57.9 Å². The standard InChI is InChI=1S/C24H25N3O6S/c1-5-32-23(29)27-20(28)14-24(22-25-15(2)26-33-22,34-19-12-10-18(31-4)11-13-19)21(27)16-6-8-17(30-3)9-7-16/h6-13,21H,5,14H2,1-4H3/t21-,24-/m1/s1. The van der Waals surface area contributed by atoms with Crippen LogP contribution in [0.5, 0.6) is 11.5 Å². The number of hydrogen-bond donors (Lipinski definition) is 0. The fraction of sp³-hybridized carbons (Fsp3) is 0.333. The third-order valence-corrected chi connectivity index (χ3v) is 6.94. The van der Waals surface area contributed by atoms with Crippen molar-refractivity contribution in [2.75, 3.05) is 20.8 Å². The van der Waals surface area contributed by atoms with Crippen LogP contribution in [-0.4, -0.2) is 47.9 Å². The van der Waals surface area contributed by atoms with E-state index in [0.29, 0.717) is 22.9 Å². The summed E-state index contributed by atoms with van der Waals surface area (Å²) >= 11 is 1.39.